The summed E-state index contributed by atoms with van der Waals surface area (Å²) in [7, 11) is 0. The average Bonchev–Trinajstić information content (AvgIpc) is 3.63. The quantitative estimate of drug-likeness (QED) is 0.235. The van der Waals surface area contributed by atoms with Crippen molar-refractivity contribution in [2.45, 2.75) is 19.4 Å². The maximum absolute atomic E-state index is 5.92. The van der Waals surface area contributed by atoms with E-state index < -0.39 is 0 Å². The van der Waals surface area contributed by atoms with Crippen LogP contribution in [0.2, 0.25) is 0 Å². The van der Waals surface area contributed by atoms with E-state index in [9.17, 15) is 0 Å². The smallest absolute Gasteiger partial charge is 0.247 e. The average molecular weight is 505 g/mol. The Morgan fingerprint density at radius 2 is 1.53 bits per heavy atom. The minimum atomic E-state index is 0.557. The molecule has 38 heavy (non-hydrogen) atoms. The van der Waals surface area contributed by atoms with Gasteiger partial charge in [0.2, 0.25) is 5.95 Å². The SMILES string of the molecule is c1ccc(CNc2ccc(-c3cccc4nc(Nc5ccc(OCCN6CCCC6)cc5)nn34)cc2)cc1. The topological polar surface area (TPSA) is 66.7 Å². The number of nitrogens with one attached hydrogen (secondary N) is 2. The van der Waals surface area contributed by atoms with E-state index in [1.807, 2.05) is 47.0 Å². The Hall–Kier alpha value is -4.36. The molecular weight excluding hydrogens is 472 g/mol. The number of fused-ring (bicyclic) bond motifs is 1. The number of pyridine rings is 1. The normalized spacial score (nSPS) is 13.6. The van der Waals surface area contributed by atoms with Crippen molar-refractivity contribution >= 4 is 23.0 Å². The van der Waals surface area contributed by atoms with Crippen LogP contribution >= 0.6 is 0 Å². The van der Waals surface area contributed by atoms with Crippen LogP contribution in [0.25, 0.3) is 16.9 Å². The molecular formula is C31H32N6O. The van der Waals surface area contributed by atoms with Crippen LogP contribution in [-0.4, -0.2) is 45.7 Å². The van der Waals surface area contributed by atoms with Gasteiger partial charge in [-0.05, 0) is 80.0 Å². The van der Waals surface area contributed by atoms with Crippen LogP contribution in [0, 0.1) is 0 Å². The maximum Gasteiger partial charge on any atom is 0.247 e. The minimum absolute atomic E-state index is 0.557. The first-order valence-corrected chi connectivity index (χ1v) is 13.3. The molecule has 3 heterocycles. The molecule has 1 aliphatic heterocycles. The van der Waals surface area contributed by atoms with Gasteiger partial charge in [0.25, 0.3) is 0 Å². The molecule has 0 spiro atoms. The first kappa shape index (κ1) is 24.0. The molecule has 7 nitrogen and oxygen atoms in total. The number of hydrogen-bond acceptors (Lipinski definition) is 6. The summed E-state index contributed by atoms with van der Waals surface area (Å²) in [5.41, 5.74) is 6.10. The third kappa shape index (κ3) is 5.79. The Labute approximate surface area is 223 Å². The zero-order valence-corrected chi connectivity index (χ0v) is 21.4. The first-order chi connectivity index (χ1) is 18.8. The molecule has 2 aromatic heterocycles. The predicted octanol–water partition coefficient (Wildman–Crippen LogP) is 6.23. The summed E-state index contributed by atoms with van der Waals surface area (Å²) < 4.78 is 7.80. The van der Waals surface area contributed by atoms with Gasteiger partial charge < -0.3 is 15.4 Å². The van der Waals surface area contributed by atoms with Crippen LogP contribution in [0.4, 0.5) is 17.3 Å². The van der Waals surface area contributed by atoms with E-state index in [0.717, 1.165) is 47.1 Å². The maximum atomic E-state index is 5.92. The fourth-order valence-electron chi connectivity index (χ4n) is 4.80. The summed E-state index contributed by atoms with van der Waals surface area (Å²) in [6.45, 7) is 4.88. The second-order valence-corrected chi connectivity index (χ2v) is 9.58. The van der Waals surface area contributed by atoms with Crippen molar-refractivity contribution in [3.05, 3.63) is 103 Å². The Morgan fingerprint density at radius 1 is 0.763 bits per heavy atom. The molecule has 2 N–H and O–H groups in total. The van der Waals surface area contributed by atoms with Gasteiger partial charge in [0, 0.05) is 30.0 Å². The van der Waals surface area contributed by atoms with Gasteiger partial charge in [0.15, 0.2) is 5.65 Å². The zero-order chi connectivity index (χ0) is 25.6. The highest BCUT2D eigenvalue weighted by atomic mass is 16.5. The number of rotatable bonds is 10. The van der Waals surface area contributed by atoms with Gasteiger partial charge in [0.1, 0.15) is 12.4 Å². The molecule has 0 unspecified atom stereocenters. The lowest BCUT2D eigenvalue weighted by Crippen LogP contribution is -2.25. The fourth-order valence-corrected chi connectivity index (χ4v) is 4.80. The highest BCUT2D eigenvalue weighted by Crippen LogP contribution is 2.24. The lowest BCUT2D eigenvalue weighted by atomic mass is 10.1. The minimum Gasteiger partial charge on any atom is -0.492 e. The number of likely N-dealkylation sites (tertiary alicyclic amines) is 1. The molecule has 1 aliphatic rings. The Bertz CT molecular complexity index is 1460. The Kier molecular flexibility index (Phi) is 7.17. The summed E-state index contributed by atoms with van der Waals surface area (Å²) in [6.07, 6.45) is 2.61. The van der Waals surface area contributed by atoms with Gasteiger partial charge in [-0.3, -0.25) is 4.90 Å². The zero-order valence-electron chi connectivity index (χ0n) is 21.4. The largest absolute Gasteiger partial charge is 0.492 e. The molecule has 5 aromatic rings. The second kappa shape index (κ2) is 11.4. The lowest BCUT2D eigenvalue weighted by molar-refractivity contribution is 0.238. The molecule has 7 heteroatoms. The van der Waals surface area contributed by atoms with Crippen molar-refractivity contribution in [2.24, 2.45) is 0 Å². The summed E-state index contributed by atoms with van der Waals surface area (Å²) >= 11 is 0. The number of anilines is 3. The van der Waals surface area contributed by atoms with Gasteiger partial charge >= 0.3 is 0 Å². The third-order valence-corrected chi connectivity index (χ3v) is 6.87. The summed E-state index contributed by atoms with van der Waals surface area (Å²) in [4.78, 5) is 7.14. The second-order valence-electron chi connectivity index (χ2n) is 9.58. The standard InChI is InChI=1S/C31H32N6O/c1-2-7-24(8-3-1)23-32-26-13-11-25(12-14-26)29-9-6-10-30-34-31(35-37(29)30)33-27-15-17-28(18-16-27)38-22-21-36-19-4-5-20-36/h1-3,6-18,32H,4-5,19-23H2,(H,33,35). The molecule has 0 aliphatic carbocycles. The number of aromatic nitrogens is 3. The van der Waals surface area contributed by atoms with Crippen molar-refractivity contribution < 1.29 is 4.74 Å². The van der Waals surface area contributed by atoms with Crippen LogP contribution < -0.4 is 15.4 Å². The highest BCUT2D eigenvalue weighted by molar-refractivity contribution is 5.67. The fraction of sp³-hybridized carbons (Fsp3) is 0.226. The lowest BCUT2D eigenvalue weighted by Gasteiger charge is -2.15. The molecule has 192 valence electrons. The molecule has 0 atom stereocenters. The van der Waals surface area contributed by atoms with Crippen LogP contribution in [0.5, 0.6) is 5.75 Å². The van der Waals surface area contributed by atoms with Crippen LogP contribution in [0.3, 0.4) is 0 Å². The predicted molar refractivity (Wildman–Crippen MR) is 153 cm³/mol. The Morgan fingerprint density at radius 3 is 2.32 bits per heavy atom. The van der Waals surface area contributed by atoms with Gasteiger partial charge in [-0.15, -0.1) is 5.10 Å². The monoisotopic (exact) mass is 504 g/mol. The number of hydrogen-bond donors (Lipinski definition) is 2. The van der Waals surface area contributed by atoms with Gasteiger partial charge in [-0.1, -0.05) is 48.5 Å². The van der Waals surface area contributed by atoms with Crippen molar-refractivity contribution in [3.8, 4) is 17.0 Å². The number of nitrogens with zero attached hydrogens (tertiary/aromatic N) is 4. The molecule has 0 saturated carbocycles. The van der Waals surface area contributed by atoms with E-state index in [1.54, 1.807) is 0 Å². The van der Waals surface area contributed by atoms with Gasteiger partial charge in [-0.2, -0.15) is 4.98 Å². The summed E-state index contributed by atoms with van der Waals surface area (Å²) in [5.74, 6) is 1.43. The molecule has 0 amide bonds. The van der Waals surface area contributed by atoms with Crippen LogP contribution in [0.15, 0.2) is 97.1 Å². The highest BCUT2D eigenvalue weighted by Gasteiger charge is 2.11. The van der Waals surface area contributed by atoms with Crippen LogP contribution in [-0.2, 0) is 6.54 Å². The molecule has 1 saturated heterocycles. The van der Waals surface area contributed by atoms with E-state index in [1.165, 1.54) is 31.5 Å². The molecule has 1 fully saturated rings. The summed E-state index contributed by atoms with van der Waals surface area (Å²) in [5, 5.41) is 11.5. The Balaban J connectivity index is 1.10. The van der Waals surface area contributed by atoms with E-state index in [-0.39, 0.29) is 0 Å². The molecule has 0 bridgehead atoms. The number of benzene rings is 3. The van der Waals surface area contributed by atoms with Crippen LogP contribution in [0.1, 0.15) is 18.4 Å². The van der Waals surface area contributed by atoms with Crippen molar-refractivity contribution in [3.63, 3.8) is 0 Å². The van der Waals surface area contributed by atoms with E-state index in [2.05, 4.69) is 75.1 Å². The first-order valence-electron chi connectivity index (χ1n) is 13.3. The van der Waals surface area contributed by atoms with E-state index in [4.69, 9.17) is 9.84 Å². The van der Waals surface area contributed by atoms with Gasteiger partial charge in [-0.25, -0.2) is 4.52 Å². The van der Waals surface area contributed by atoms with Gasteiger partial charge in [0.05, 0.1) is 5.69 Å². The van der Waals surface area contributed by atoms with E-state index in [0.29, 0.717) is 12.6 Å². The summed E-state index contributed by atoms with van der Waals surface area (Å²) in [6, 6.07) is 32.8. The van der Waals surface area contributed by atoms with Crippen molar-refractivity contribution in [1.82, 2.24) is 19.5 Å². The molecule has 6 rings (SSSR count). The van der Waals surface area contributed by atoms with Crippen molar-refractivity contribution in [1.29, 1.82) is 0 Å². The molecule has 0 radical (unpaired) electrons. The van der Waals surface area contributed by atoms with E-state index >= 15 is 0 Å². The van der Waals surface area contributed by atoms with Crippen molar-refractivity contribution in [2.75, 3.05) is 36.9 Å². The molecule has 3 aromatic carbocycles. The third-order valence-electron chi connectivity index (χ3n) is 6.87. The number of ether oxygens (including phenoxy) is 1.